The topological polar surface area (TPSA) is 20.3 Å². The Kier molecular flexibility index (Phi) is 4.43. The van der Waals surface area contributed by atoms with Gasteiger partial charge in [-0.25, -0.2) is 0 Å². The lowest BCUT2D eigenvalue weighted by atomic mass is 9.96. The van der Waals surface area contributed by atoms with Gasteiger partial charge in [-0.05, 0) is 38.8 Å². The van der Waals surface area contributed by atoms with Gasteiger partial charge in [0.25, 0.3) is 0 Å². The molecule has 76 valence electrons. The van der Waals surface area contributed by atoms with Gasteiger partial charge in [0.15, 0.2) is 0 Å². The summed E-state index contributed by atoms with van der Waals surface area (Å²) in [7, 11) is 0. The minimum atomic E-state index is 0.339. The number of nitrogens with zero attached hydrogens (tertiary/aromatic N) is 1. The Morgan fingerprint density at radius 2 is 1.85 bits per heavy atom. The fourth-order valence-corrected chi connectivity index (χ4v) is 2.23. The van der Waals surface area contributed by atoms with Crippen LogP contribution in [0.4, 0.5) is 0 Å². The third-order valence-electron chi connectivity index (χ3n) is 3.23. The number of hydrogen-bond donors (Lipinski definition) is 0. The number of carbonyl (C=O) groups is 1. The van der Waals surface area contributed by atoms with Gasteiger partial charge in [-0.3, -0.25) is 0 Å². The molecule has 0 aromatic heterocycles. The summed E-state index contributed by atoms with van der Waals surface area (Å²) in [6.07, 6.45) is 5.74. The molecule has 1 aliphatic rings. The van der Waals surface area contributed by atoms with Crippen LogP contribution in [0, 0.1) is 5.92 Å². The summed E-state index contributed by atoms with van der Waals surface area (Å²) in [5, 5.41) is 0. The highest BCUT2D eigenvalue weighted by atomic mass is 16.1. The summed E-state index contributed by atoms with van der Waals surface area (Å²) >= 11 is 0. The Hall–Kier alpha value is -0.370. The zero-order valence-corrected chi connectivity index (χ0v) is 8.83. The quantitative estimate of drug-likeness (QED) is 0.622. The van der Waals surface area contributed by atoms with Crippen LogP contribution in [0.2, 0.25) is 0 Å². The molecule has 2 nitrogen and oxygen atoms in total. The van der Waals surface area contributed by atoms with Crippen molar-refractivity contribution in [3.05, 3.63) is 0 Å². The normalized spacial score (nSPS) is 20.8. The maximum absolute atomic E-state index is 10.6. The molecule has 0 saturated carbocycles. The van der Waals surface area contributed by atoms with Gasteiger partial charge < -0.3 is 9.69 Å². The average molecular weight is 183 g/mol. The molecule has 1 aliphatic heterocycles. The van der Waals surface area contributed by atoms with Crippen molar-refractivity contribution in [1.82, 2.24) is 4.90 Å². The van der Waals surface area contributed by atoms with Gasteiger partial charge in [-0.15, -0.1) is 0 Å². The van der Waals surface area contributed by atoms with E-state index in [1.807, 2.05) is 0 Å². The third-order valence-corrected chi connectivity index (χ3v) is 3.23. The minimum Gasteiger partial charge on any atom is -0.303 e. The zero-order chi connectivity index (χ0) is 9.68. The standard InChI is InChI=1S/C11H21NO/c1-3-11(4-2)12-7-5-10(9-13)6-8-12/h9-11H,3-8H2,1-2H3. The molecular formula is C11H21NO. The van der Waals surface area contributed by atoms with Crippen LogP contribution in [0.5, 0.6) is 0 Å². The van der Waals surface area contributed by atoms with Crippen molar-refractivity contribution in [2.24, 2.45) is 5.92 Å². The molecule has 0 bridgehead atoms. The molecule has 0 spiro atoms. The first-order chi connectivity index (χ1) is 6.31. The molecule has 1 rings (SSSR count). The number of aldehydes is 1. The summed E-state index contributed by atoms with van der Waals surface area (Å²) in [6, 6.07) is 0.743. The first-order valence-corrected chi connectivity index (χ1v) is 5.51. The molecule has 0 aromatic carbocycles. The lowest BCUT2D eigenvalue weighted by Gasteiger charge is -2.35. The minimum absolute atomic E-state index is 0.339. The zero-order valence-electron chi connectivity index (χ0n) is 8.83. The highest BCUT2D eigenvalue weighted by Gasteiger charge is 2.22. The number of rotatable bonds is 4. The van der Waals surface area contributed by atoms with Gasteiger partial charge >= 0.3 is 0 Å². The van der Waals surface area contributed by atoms with Gasteiger partial charge in [0.05, 0.1) is 0 Å². The molecule has 0 N–H and O–H groups in total. The summed E-state index contributed by atoms with van der Waals surface area (Å²) in [5.74, 6) is 0.339. The molecule has 1 fully saturated rings. The number of piperidine rings is 1. The molecule has 13 heavy (non-hydrogen) atoms. The van der Waals surface area contributed by atoms with Gasteiger partial charge in [0.1, 0.15) is 6.29 Å². The van der Waals surface area contributed by atoms with Crippen LogP contribution in [0.3, 0.4) is 0 Å². The van der Waals surface area contributed by atoms with Gasteiger partial charge in [0.2, 0.25) is 0 Å². The monoisotopic (exact) mass is 183 g/mol. The Bertz CT molecular complexity index is 146. The Morgan fingerprint density at radius 3 is 2.23 bits per heavy atom. The van der Waals surface area contributed by atoms with Gasteiger partial charge in [-0.2, -0.15) is 0 Å². The molecule has 2 heteroatoms. The highest BCUT2D eigenvalue weighted by Crippen LogP contribution is 2.19. The third kappa shape index (κ3) is 2.80. The van der Waals surface area contributed by atoms with Crippen LogP contribution >= 0.6 is 0 Å². The van der Waals surface area contributed by atoms with Crippen LogP contribution in [-0.2, 0) is 4.79 Å². The van der Waals surface area contributed by atoms with Crippen LogP contribution in [0.25, 0.3) is 0 Å². The van der Waals surface area contributed by atoms with E-state index < -0.39 is 0 Å². The number of likely N-dealkylation sites (tertiary alicyclic amines) is 1. The van der Waals surface area contributed by atoms with E-state index in [4.69, 9.17) is 0 Å². The van der Waals surface area contributed by atoms with Crippen LogP contribution in [0.15, 0.2) is 0 Å². The first-order valence-electron chi connectivity index (χ1n) is 5.51. The summed E-state index contributed by atoms with van der Waals surface area (Å²) in [5.41, 5.74) is 0. The van der Waals surface area contributed by atoms with Crippen molar-refractivity contribution in [3.8, 4) is 0 Å². The van der Waals surface area contributed by atoms with E-state index in [-0.39, 0.29) is 0 Å². The summed E-state index contributed by atoms with van der Waals surface area (Å²) in [4.78, 5) is 13.1. The Balaban J connectivity index is 2.34. The fourth-order valence-electron chi connectivity index (χ4n) is 2.23. The molecule has 0 aliphatic carbocycles. The summed E-state index contributed by atoms with van der Waals surface area (Å²) in [6.45, 7) is 6.74. The smallest absolute Gasteiger partial charge is 0.123 e. The fraction of sp³-hybridized carbons (Fsp3) is 0.909. The van der Waals surface area contributed by atoms with Crippen LogP contribution in [0.1, 0.15) is 39.5 Å². The number of hydrogen-bond acceptors (Lipinski definition) is 2. The molecule has 1 heterocycles. The predicted molar refractivity (Wildman–Crippen MR) is 54.7 cm³/mol. The van der Waals surface area contributed by atoms with Gasteiger partial charge in [0, 0.05) is 12.0 Å². The maximum Gasteiger partial charge on any atom is 0.123 e. The van der Waals surface area contributed by atoms with E-state index in [9.17, 15) is 4.79 Å². The van der Waals surface area contributed by atoms with E-state index in [1.54, 1.807) is 0 Å². The Morgan fingerprint density at radius 1 is 1.31 bits per heavy atom. The molecule has 0 amide bonds. The van der Waals surface area contributed by atoms with Crippen molar-refractivity contribution < 1.29 is 4.79 Å². The largest absolute Gasteiger partial charge is 0.303 e. The first kappa shape index (κ1) is 10.7. The highest BCUT2D eigenvalue weighted by molar-refractivity contribution is 5.53. The van der Waals surface area contributed by atoms with E-state index in [0.717, 1.165) is 38.3 Å². The number of carbonyl (C=O) groups excluding carboxylic acids is 1. The van der Waals surface area contributed by atoms with E-state index >= 15 is 0 Å². The van der Waals surface area contributed by atoms with Crippen molar-refractivity contribution in [2.45, 2.75) is 45.6 Å². The van der Waals surface area contributed by atoms with Gasteiger partial charge in [-0.1, -0.05) is 13.8 Å². The second-order valence-electron chi connectivity index (χ2n) is 3.98. The SMILES string of the molecule is CCC(CC)N1CCC(C=O)CC1. The molecular weight excluding hydrogens is 162 g/mol. The maximum atomic E-state index is 10.6. The molecule has 0 unspecified atom stereocenters. The lowest BCUT2D eigenvalue weighted by Crippen LogP contribution is -2.41. The summed E-state index contributed by atoms with van der Waals surface area (Å²) < 4.78 is 0. The van der Waals surface area contributed by atoms with Crippen LogP contribution < -0.4 is 0 Å². The van der Waals surface area contributed by atoms with Crippen molar-refractivity contribution in [3.63, 3.8) is 0 Å². The lowest BCUT2D eigenvalue weighted by molar-refractivity contribution is -0.112. The van der Waals surface area contributed by atoms with Crippen molar-refractivity contribution in [2.75, 3.05) is 13.1 Å². The van der Waals surface area contributed by atoms with E-state index in [2.05, 4.69) is 18.7 Å². The molecule has 1 saturated heterocycles. The van der Waals surface area contributed by atoms with E-state index in [0.29, 0.717) is 5.92 Å². The second kappa shape index (κ2) is 5.38. The predicted octanol–water partition coefficient (Wildman–Crippen LogP) is 2.09. The molecule has 0 atom stereocenters. The second-order valence-corrected chi connectivity index (χ2v) is 3.98. The Labute approximate surface area is 81.3 Å². The molecule has 0 radical (unpaired) electrons. The van der Waals surface area contributed by atoms with Crippen molar-refractivity contribution >= 4 is 6.29 Å². The van der Waals surface area contributed by atoms with Crippen LogP contribution in [-0.4, -0.2) is 30.3 Å². The van der Waals surface area contributed by atoms with E-state index in [1.165, 1.54) is 12.8 Å². The van der Waals surface area contributed by atoms with Crippen molar-refractivity contribution in [1.29, 1.82) is 0 Å². The average Bonchev–Trinajstić information content (AvgIpc) is 2.21. The molecule has 0 aromatic rings.